The Kier molecular flexibility index (Phi) is 4.41. The summed E-state index contributed by atoms with van der Waals surface area (Å²) in [7, 11) is 0. The molecule has 0 aliphatic heterocycles. The van der Waals surface area contributed by atoms with Crippen LogP contribution in [0.5, 0.6) is 0 Å². The summed E-state index contributed by atoms with van der Waals surface area (Å²) in [6.45, 7) is 1.57. The van der Waals surface area contributed by atoms with Gasteiger partial charge in [0.25, 0.3) is 0 Å². The summed E-state index contributed by atoms with van der Waals surface area (Å²) in [5.41, 5.74) is 1.67. The molecule has 0 atom stereocenters. The highest BCUT2D eigenvalue weighted by Gasteiger charge is 2.34. The first kappa shape index (κ1) is 15.0. The Hall–Kier alpha value is -1.91. The molecule has 0 saturated heterocycles. The SMILES string of the molecule is CC(=O)N(c1nnc(SCc2ccccc2C#N)s1)C1CC1. The van der Waals surface area contributed by atoms with E-state index < -0.39 is 0 Å². The zero-order valence-corrected chi connectivity index (χ0v) is 13.7. The summed E-state index contributed by atoms with van der Waals surface area (Å²) in [5.74, 6) is 0.687. The van der Waals surface area contributed by atoms with Gasteiger partial charge in [0.1, 0.15) is 0 Å². The van der Waals surface area contributed by atoms with Crippen molar-refractivity contribution >= 4 is 34.1 Å². The number of amides is 1. The van der Waals surface area contributed by atoms with Crippen LogP contribution in [-0.4, -0.2) is 22.1 Å². The predicted molar refractivity (Wildman–Crippen MR) is 86.8 cm³/mol. The van der Waals surface area contributed by atoms with E-state index in [1.807, 2.05) is 24.3 Å². The number of nitriles is 1. The Morgan fingerprint density at radius 1 is 1.45 bits per heavy atom. The first-order valence-corrected chi connectivity index (χ1v) is 8.73. The lowest BCUT2D eigenvalue weighted by Crippen LogP contribution is -2.30. The van der Waals surface area contributed by atoms with Crippen molar-refractivity contribution in [3.8, 4) is 6.07 Å². The fourth-order valence-electron chi connectivity index (χ4n) is 2.13. The number of aromatic nitrogens is 2. The van der Waals surface area contributed by atoms with Gasteiger partial charge >= 0.3 is 0 Å². The topological polar surface area (TPSA) is 69.9 Å². The molecule has 0 radical (unpaired) electrons. The van der Waals surface area contributed by atoms with E-state index in [-0.39, 0.29) is 5.91 Å². The van der Waals surface area contributed by atoms with Gasteiger partial charge in [-0.15, -0.1) is 10.2 Å². The number of hydrogen-bond acceptors (Lipinski definition) is 6. The van der Waals surface area contributed by atoms with Crippen LogP contribution in [0.15, 0.2) is 28.6 Å². The summed E-state index contributed by atoms with van der Waals surface area (Å²) in [6.07, 6.45) is 2.08. The molecule has 1 fully saturated rings. The summed E-state index contributed by atoms with van der Waals surface area (Å²) >= 11 is 2.97. The van der Waals surface area contributed by atoms with E-state index in [2.05, 4.69) is 16.3 Å². The van der Waals surface area contributed by atoms with Crippen molar-refractivity contribution in [2.75, 3.05) is 4.90 Å². The molecular formula is C15H14N4OS2. The van der Waals surface area contributed by atoms with Gasteiger partial charge in [-0.25, -0.2) is 0 Å². The molecule has 0 N–H and O–H groups in total. The van der Waals surface area contributed by atoms with E-state index in [9.17, 15) is 4.79 Å². The lowest BCUT2D eigenvalue weighted by Gasteiger charge is -2.15. The van der Waals surface area contributed by atoms with Gasteiger partial charge < -0.3 is 0 Å². The lowest BCUT2D eigenvalue weighted by molar-refractivity contribution is -0.116. The van der Waals surface area contributed by atoms with Crippen molar-refractivity contribution in [1.29, 1.82) is 5.26 Å². The molecule has 7 heteroatoms. The Morgan fingerprint density at radius 2 is 2.23 bits per heavy atom. The predicted octanol–water partition coefficient (Wildman–Crippen LogP) is 3.22. The molecule has 5 nitrogen and oxygen atoms in total. The average molecular weight is 330 g/mol. The van der Waals surface area contributed by atoms with Crippen LogP contribution in [0.3, 0.4) is 0 Å². The van der Waals surface area contributed by atoms with Crippen LogP contribution < -0.4 is 4.90 Å². The quantitative estimate of drug-likeness (QED) is 0.622. The third-order valence-electron chi connectivity index (χ3n) is 3.34. The smallest absolute Gasteiger partial charge is 0.225 e. The second-order valence-corrected chi connectivity index (χ2v) is 7.21. The maximum atomic E-state index is 11.7. The van der Waals surface area contributed by atoms with Gasteiger partial charge in [0.15, 0.2) is 4.34 Å². The molecule has 1 aliphatic carbocycles. The second-order valence-electron chi connectivity index (χ2n) is 5.03. The van der Waals surface area contributed by atoms with Crippen LogP contribution in [0.4, 0.5) is 5.13 Å². The molecule has 1 heterocycles. The molecule has 1 aromatic heterocycles. The van der Waals surface area contributed by atoms with Crippen molar-refractivity contribution in [1.82, 2.24) is 10.2 Å². The van der Waals surface area contributed by atoms with Crippen LogP contribution in [0.1, 0.15) is 30.9 Å². The zero-order valence-electron chi connectivity index (χ0n) is 12.0. The highest BCUT2D eigenvalue weighted by molar-refractivity contribution is 8.00. The molecular weight excluding hydrogens is 316 g/mol. The maximum absolute atomic E-state index is 11.7. The third-order valence-corrected chi connectivity index (χ3v) is 5.45. The fourth-order valence-corrected chi connectivity index (χ4v) is 4.09. The summed E-state index contributed by atoms with van der Waals surface area (Å²) in [4.78, 5) is 13.5. The molecule has 2 aromatic rings. The molecule has 22 heavy (non-hydrogen) atoms. The number of thioether (sulfide) groups is 1. The Balaban J connectivity index is 1.69. The van der Waals surface area contributed by atoms with Gasteiger partial charge in [0.2, 0.25) is 11.0 Å². The van der Waals surface area contributed by atoms with Gasteiger partial charge in [-0.2, -0.15) is 5.26 Å². The van der Waals surface area contributed by atoms with E-state index >= 15 is 0 Å². The number of nitrogens with zero attached hydrogens (tertiary/aromatic N) is 4. The van der Waals surface area contributed by atoms with Crippen molar-refractivity contribution in [2.24, 2.45) is 0 Å². The number of benzene rings is 1. The largest absolute Gasteiger partial charge is 0.284 e. The van der Waals surface area contributed by atoms with Crippen LogP contribution >= 0.6 is 23.1 Å². The van der Waals surface area contributed by atoms with Gasteiger partial charge in [-0.1, -0.05) is 41.3 Å². The molecule has 3 rings (SSSR count). The first-order valence-electron chi connectivity index (χ1n) is 6.93. The number of carbonyl (C=O) groups excluding carboxylic acids is 1. The molecule has 0 spiro atoms. The van der Waals surface area contributed by atoms with Crippen molar-refractivity contribution < 1.29 is 4.79 Å². The number of rotatable bonds is 5. The minimum Gasteiger partial charge on any atom is -0.284 e. The minimum absolute atomic E-state index is 0.0185. The van der Waals surface area contributed by atoms with Gasteiger partial charge in [0, 0.05) is 18.7 Å². The van der Waals surface area contributed by atoms with Gasteiger partial charge in [0.05, 0.1) is 11.6 Å². The van der Waals surface area contributed by atoms with Gasteiger partial charge in [-0.05, 0) is 24.5 Å². The van der Waals surface area contributed by atoms with Crippen molar-refractivity contribution in [3.05, 3.63) is 35.4 Å². The highest BCUT2D eigenvalue weighted by Crippen LogP contribution is 2.36. The molecule has 1 aromatic carbocycles. The Morgan fingerprint density at radius 3 is 2.91 bits per heavy atom. The molecule has 1 aliphatic rings. The average Bonchev–Trinajstić information content (AvgIpc) is 3.23. The fraction of sp³-hybridized carbons (Fsp3) is 0.333. The molecule has 1 amide bonds. The maximum Gasteiger partial charge on any atom is 0.225 e. The van der Waals surface area contributed by atoms with Crippen LogP contribution in [-0.2, 0) is 10.5 Å². The molecule has 0 bridgehead atoms. The monoisotopic (exact) mass is 330 g/mol. The minimum atomic E-state index is 0.0185. The molecule has 0 unspecified atom stereocenters. The summed E-state index contributed by atoms with van der Waals surface area (Å²) < 4.78 is 0.814. The van der Waals surface area contributed by atoms with E-state index in [1.165, 1.54) is 11.3 Å². The first-order chi connectivity index (χ1) is 10.7. The lowest BCUT2D eigenvalue weighted by atomic mass is 10.1. The molecule has 1 saturated carbocycles. The Bertz CT molecular complexity index is 733. The van der Waals surface area contributed by atoms with Crippen molar-refractivity contribution in [2.45, 2.75) is 35.9 Å². The Labute approximate surface area is 137 Å². The summed E-state index contributed by atoms with van der Waals surface area (Å²) in [6, 6.07) is 10.0. The highest BCUT2D eigenvalue weighted by atomic mass is 32.2. The van der Waals surface area contributed by atoms with Crippen molar-refractivity contribution in [3.63, 3.8) is 0 Å². The second kappa shape index (κ2) is 6.46. The third kappa shape index (κ3) is 3.29. The zero-order chi connectivity index (χ0) is 15.5. The number of anilines is 1. The van der Waals surface area contributed by atoms with E-state index in [0.717, 1.165) is 22.7 Å². The van der Waals surface area contributed by atoms with E-state index in [4.69, 9.17) is 5.26 Å². The van der Waals surface area contributed by atoms with E-state index in [1.54, 1.807) is 23.6 Å². The number of hydrogen-bond donors (Lipinski definition) is 0. The summed E-state index contributed by atoms with van der Waals surface area (Å²) in [5, 5.41) is 18.1. The van der Waals surface area contributed by atoms with Crippen LogP contribution in [0.25, 0.3) is 0 Å². The van der Waals surface area contributed by atoms with E-state index in [0.29, 0.717) is 22.5 Å². The standard InChI is InChI=1S/C15H14N4OS2/c1-10(20)19(13-6-7-13)14-17-18-15(22-14)21-9-12-5-3-2-4-11(12)8-16/h2-5,13H,6-7,9H2,1H3. The normalized spacial score (nSPS) is 13.6. The van der Waals surface area contributed by atoms with Gasteiger partial charge in [-0.3, -0.25) is 9.69 Å². The van der Waals surface area contributed by atoms with Crippen LogP contribution in [0.2, 0.25) is 0 Å². The van der Waals surface area contributed by atoms with Crippen LogP contribution in [0, 0.1) is 11.3 Å². The molecule has 112 valence electrons. The number of carbonyl (C=O) groups is 1.